The first kappa shape index (κ1) is 11.4. The first-order valence-electron chi connectivity index (χ1n) is 5.34. The molecule has 1 aromatic carbocycles. The van der Waals surface area contributed by atoms with Gasteiger partial charge in [0.1, 0.15) is 6.04 Å². The van der Waals surface area contributed by atoms with Gasteiger partial charge in [0.25, 0.3) is 0 Å². The van der Waals surface area contributed by atoms with Crippen LogP contribution >= 0.6 is 0 Å². The molecule has 4 heteroatoms. The molecule has 0 saturated heterocycles. The molecule has 1 aliphatic rings. The second-order valence-electron chi connectivity index (χ2n) is 3.77. The summed E-state index contributed by atoms with van der Waals surface area (Å²) in [5.74, 6) is -0.459. The van der Waals surface area contributed by atoms with Crippen LogP contribution in [-0.2, 0) is 14.3 Å². The number of hydrogen-bond donors (Lipinski definition) is 0. The highest BCUT2D eigenvalue weighted by Crippen LogP contribution is 2.22. The third kappa shape index (κ3) is 2.36. The van der Waals surface area contributed by atoms with Gasteiger partial charge in [-0.15, -0.1) is 0 Å². The van der Waals surface area contributed by atoms with Crippen LogP contribution < -0.4 is 4.90 Å². The zero-order valence-corrected chi connectivity index (χ0v) is 9.50. The molecule has 1 unspecified atom stereocenters. The van der Waals surface area contributed by atoms with Crippen LogP contribution in [0.15, 0.2) is 42.6 Å². The third-order valence-electron chi connectivity index (χ3n) is 2.68. The minimum atomic E-state index is -0.570. The molecule has 2 rings (SSSR count). The van der Waals surface area contributed by atoms with Crippen molar-refractivity contribution in [3.8, 4) is 0 Å². The highest BCUT2D eigenvalue weighted by atomic mass is 16.5. The van der Waals surface area contributed by atoms with E-state index in [-0.39, 0.29) is 12.2 Å². The van der Waals surface area contributed by atoms with E-state index in [2.05, 4.69) is 0 Å². The van der Waals surface area contributed by atoms with Crippen molar-refractivity contribution in [3.63, 3.8) is 0 Å². The molecule has 0 aromatic heterocycles. The molecule has 0 spiro atoms. The summed E-state index contributed by atoms with van der Waals surface area (Å²) < 4.78 is 4.72. The van der Waals surface area contributed by atoms with Crippen LogP contribution in [0.5, 0.6) is 0 Å². The molecule has 1 heterocycles. The van der Waals surface area contributed by atoms with Crippen molar-refractivity contribution in [1.29, 1.82) is 0 Å². The first-order chi connectivity index (χ1) is 8.22. The van der Waals surface area contributed by atoms with Gasteiger partial charge in [0.2, 0.25) is 0 Å². The van der Waals surface area contributed by atoms with E-state index in [9.17, 15) is 9.59 Å². The number of carbonyl (C=O) groups is 2. The Bertz CT molecular complexity index is 453. The summed E-state index contributed by atoms with van der Waals surface area (Å²) in [5.41, 5.74) is 0.867. The van der Waals surface area contributed by atoms with Crippen molar-refractivity contribution in [2.75, 3.05) is 12.0 Å². The maximum absolute atomic E-state index is 11.6. The molecule has 0 radical (unpaired) electrons. The number of ether oxygens (including phenoxy) is 1. The van der Waals surface area contributed by atoms with Crippen LogP contribution in [0.1, 0.15) is 6.42 Å². The van der Waals surface area contributed by atoms with Gasteiger partial charge < -0.3 is 9.64 Å². The number of rotatable bonds is 2. The quantitative estimate of drug-likeness (QED) is 0.724. The molecule has 1 aromatic rings. The largest absolute Gasteiger partial charge is 0.467 e. The van der Waals surface area contributed by atoms with E-state index in [1.807, 2.05) is 30.3 Å². The number of benzene rings is 1. The number of ketones is 1. The summed E-state index contributed by atoms with van der Waals surface area (Å²) in [6.07, 6.45) is 3.26. The van der Waals surface area contributed by atoms with Crippen LogP contribution in [0, 0.1) is 0 Å². The molecule has 17 heavy (non-hydrogen) atoms. The normalized spacial score (nSPS) is 19.2. The van der Waals surface area contributed by atoms with Crippen LogP contribution in [0.25, 0.3) is 0 Å². The lowest BCUT2D eigenvalue weighted by Gasteiger charge is -2.30. The van der Waals surface area contributed by atoms with Gasteiger partial charge in [0, 0.05) is 18.3 Å². The molecule has 0 aliphatic carbocycles. The van der Waals surface area contributed by atoms with Gasteiger partial charge in [-0.3, -0.25) is 4.79 Å². The van der Waals surface area contributed by atoms with Crippen molar-refractivity contribution >= 4 is 17.4 Å². The SMILES string of the molecule is COC(=O)C1CC(=O)C=CN1c1ccccc1. The number of hydrogen-bond acceptors (Lipinski definition) is 4. The maximum Gasteiger partial charge on any atom is 0.329 e. The molecule has 1 aliphatic heterocycles. The van der Waals surface area contributed by atoms with Gasteiger partial charge >= 0.3 is 5.97 Å². The summed E-state index contributed by atoms with van der Waals surface area (Å²) in [6, 6.07) is 8.86. The predicted octanol–water partition coefficient (Wildman–Crippen LogP) is 1.52. The van der Waals surface area contributed by atoms with Crippen molar-refractivity contribution in [2.24, 2.45) is 0 Å². The molecule has 4 nitrogen and oxygen atoms in total. The minimum Gasteiger partial charge on any atom is -0.467 e. The van der Waals surface area contributed by atoms with Crippen molar-refractivity contribution < 1.29 is 14.3 Å². The number of allylic oxidation sites excluding steroid dienone is 1. The summed E-state index contributed by atoms with van der Waals surface area (Å²) in [7, 11) is 1.33. The Hall–Kier alpha value is -2.10. The average molecular weight is 231 g/mol. The fourth-order valence-electron chi connectivity index (χ4n) is 1.82. The molecule has 0 amide bonds. The number of methoxy groups -OCH3 is 1. The smallest absolute Gasteiger partial charge is 0.329 e. The van der Waals surface area contributed by atoms with E-state index in [1.54, 1.807) is 11.1 Å². The highest BCUT2D eigenvalue weighted by Gasteiger charge is 2.30. The topological polar surface area (TPSA) is 46.6 Å². The Morgan fingerprint density at radius 1 is 1.35 bits per heavy atom. The molecule has 1 atom stereocenters. The highest BCUT2D eigenvalue weighted by molar-refractivity contribution is 5.97. The molecule has 88 valence electrons. The maximum atomic E-state index is 11.6. The van der Waals surface area contributed by atoms with Crippen LogP contribution in [0.2, 0.25) is 0 Å². The molecule has 0 fully saturated rings. The number of nitrogens with zero attached hydrogens (tertiary/aromatic N) is 1. The summed E-state index contributed by atoms with van der Waals surface area (Å²) >= 11 is 0. The number of esters is 1. The van der Waals surface area contributed by atoms with E-state index < -0.39 is 12.0 Å². The molecular weight excluding hydrogens is 218 g/mol. The zero-order chi connectivity index (χ0) is 12.3. The Labute approximate surface area is 99.5 Å². The Morgan fingerprint density at radius 2 is 2.06 bits per heavy atom. The number of carbonyl (C=O) groups excluding carboxylic acids is 2. The van der Waals surface area contributed by atoms with E-state index in [1.165, 1.54) is 13.2 Å². The van der Waals surface area contributed by atoms with Gasteiger partial charge in [-0.1, -0.05) is 18.2 Å². The van der Waals surface area contributed by atoms with Gasteiger partial charge in [-0.05, 0) is 18.2 Å². The Balaban J connectivity index is 2.33. The average Bonchev–Trinajstić information content (AvgIpc) is 2.38. The second-order valence-corrected chi connectivity index (χ2v) is 3.77. The van der Waals surface area contributed by atoms with Crippen LogP contribution in [0.4, 0.5) is 5.69 Å². The lowest BCUT2D eigenvalue weighted by Crippen LogP contribution is -2.42. The summed E-state index contributed by atoms with van der Waals surface area (Å²) in [5, 5.41) is 0. The van der Waals surface area contributed by atoms with E-state index >= 15 is 0 Å². The lowest BCUT2D eigenvalue weighted by atomic mass is 10.0. The third-order valence-corrected chi connectivity index (χ3v) is 2.68. The minimum absolute atomic E-state index is 0.0624. The van der Waals surface area contributed by atoms with E-state index in [4.69, 9.17) is 4.74 Å². The van der Waals surface area contributed by atoms with Gasteiger partial charge in [0.15, 0.2) is 5.78 Å². The van der Waals surface area contributed by atoms with Gasteiger partial charge in [-0.25, -0.2) is 4.79 Å². The van der Waals surface area contributed by atoms with E-state index in [0.29, 0.717) is 0 Å². The van der Waals surface area contributed by atoms with Crippen LogP contribution in [0.3, 0.4) is 0 Å². The molecule has 0 bridgehead atoms. The zero-order valence-electron chi connectivity index (χ0n) is 9.50. The van der Waals surface area contributed by atoms with Crippen LogP contribution in [-0.4, -0.2) is 24.9 Å². The summed E-state index contributed by atoms with van der Waals surface area (Å²) in [4.78, 5) is 24.8. The molecule has 0 N–H and O–H groups in total. The van der Waals surface area contributed by atoms with Crippen molar-refractivity contribution in [2.45, 2.75) is 12.5 Å². The fourth-order valence-corrected chi connectivity index (χ4v) is 1.82. The summed E-state index contributed by atoms with van der Waals surface area (Å²) in [6.45, 7) is 0. The predicted molar refractivity (Wildman–Crippen MR) is 63.5 cm³/mol. The Morgan fingerprint density at radius 3 is 2.71 bits per heavy atom. The van der Waals surface area contributed by atoms with E-state index in [0.717, 1.165) is 5.69 Å². The number of anilines is 1. The number of para-hydroxylation sites is 1. The van der Waals surface area contributed by atoms with Gasteiger partial charge in [-0.2, -0.15) is 0 Å². The fraction of sp³-hybridized carbons (Fsp3) is 0.231. The monoisotopic (exact) mass is 231 g/mol. The van der Waals surface area contributed by atoms with Gasteiger partial charge in [0.05, 0.1) is 7.11 Å². The molecule has 0 saturated carbocycles. The second kappa shape index (κ2) is 4.82. The lowest BCUT2D eigenvalue weighted by molar-refractivity contribution is -0.143. The van der Waals surface area contributed by atoms with Crippen molar-refractivity contribution in [1.82, 2.24) is 0 Å². The molecular formula is C13H13NO3. The Kier molecular flexibility index (Phi) is 3.23. The standard InChI is InChI=1S/C13H13NO3/c1-17-13(16)12-9-11(15)7-8-14(12)10-5-3-2-4-6-10/h2-8,12H,9H2,1H3. The van der Waals surface area contributed by atoms with Crippen molar-refractivity contribution in [3.05, 3.63) is 42.6 Å². The first-order valence-corrected chi connectivity index (χ1v) is 5.34.